The van der Waals surface area contributed by atoms with Crippen molar-refractivity contribution in [3.63, 3.8) is 0 Å². The van der Waals surface area contributed by atoms with Crippen molar-refractivity contribution in [1.82, 2.24) is 5.32 Å². The first-order chi connectivity index (χ1) is 9.60. The predicted octanol–water partition coefficient (Wildman–Crippen LogP) is 1.93. The first-order valence-corrected chi connectivity index (χ1v) is 6.48. The average Bonchev–Trinajstić information content (AvgIpc) is 3.27. The molecule has 0 radical (unpaired) electrons. The highest BCUT2D eigenvalue weighted by Crippen LogP contribution is 2.27. The number of rotatable bonds is 6. The Hall–Kier alpha value is -2.11. The van der Waals surface area contributed by atoms with Gasteiger partial charge in [-0.2, -0.15) is 0 Å². The minimum Gasteiger partial charge on any atom is -0.483 e. The molecule has 20 heavy (non-hydrogen) atoms. The van der Waals surface area contributed by atoms with Crippen LogP contribution in [0.15, 0.2) is 23.4 Å². The van der Waals surface area contributed by atoms with Gasteiger partial charge in [-0.25, -0.2) is 4.39 Å². The lowest BCUT2D eigenvalue weighted by Gasteiger charge is -2.11. The van der Waals surface area contributed by atoms with Crippen molar-refractivity contribution in [2.24, 2.45) is 11.1 Å². The molecule has 2 N–H and O–H groups in total. The van der Waals surface area contributed by atoms with Gasteiger partial charge in [-0.3, -0.25) is 4.79 Å². The summed E-state index contributed by atoms with van der Waals surface area (Å²) in [6.07, 6.45) is 2.32. The number of ether oxygens (including phenoxy) is 1. The number of amides is 1. The summed E-state index contributed by atoms with van der Waals surface area (Å²) < 4.78 is 18.5. The molecule has 1 amide bonds. The monoisotopic (exact) mass is 280 g/mol. The van der Waals surface area contributed by atoms with Crippen molar-refractivity contribution >= 4 is 11.6 Å². The number of benzene rings is 1. The van der Waals surface area contributed by atoms with Crippen molar-refractivity contribution in [3.05, 3.63) is 29.6 Å². The second kappa shape index (κ2) is 6.36. The molecule has 0 aromatic heterocycles. The third kappa shape index (κ3) is 3.94. The molecule has 2 rings (SSSR count). The Morgan fingerprint density at radius 1 is 1.55 bits per heavy atom. The predicted molar refractivity (Wildman–Crippen MR) is 71.6 cm³/mol. The Balaban J connectivity index is 1.95. The molecule has 1 saturated carbocycles. The first-order valence-electron chi connectivity index (χ1n) is 6.48. The van der Waals surface area contributed by atoms with Gasteiger partial charge in [-0.15, -0.1) is 0 Å². The summed E-state index contributed by atoms with van der Waals surface area (Å²) in [5.41, 5.74) is 0.542. The third-order valence-corrected chi connectivity index (χ3v) is 3.12. The van der Waals surface area contributed by atoms with Crippen LogP contribution in [0.1, 0.15) is 25.3 Å². The Kier molecular flexibility index (Phi) is 4.55. The highest BCUT2D eigenvalue weighted by Gasteiger charge is 2.21. The zero-order valence-electron chi connectivity index (χ0n) is 11.2. The van der Waals surface area contributed by atoms with Crippen molar-refractivity contribution in [1.29, 1.82) is 0 Å². The molecule has 1 aromatic rings. The molecule has 0 saturated heterocycles. The van der Waals surface area contributed by atoms with E-state index in [0.717, 1.165) is 12.8 Å². The Labute approximate surface area is 116 Å². The molecule has 0 aliphatic heterocycles. The van der Waals surface area contributed by atoms with Gasteiger partial charge in [0.2, 0.25) is 0 Å². The number of hydrogen-bond donors (Lipinski definition) is 2. The zero-order valence-corrected chi connectivity index (χ0v) is 11.2. The van der Waals surface area contributed by atoms with Crippen LogP contribution in [0.5, 0.6) is 5.75 Å². The van der Waals surface area contributed by atoms with Crippen molar-refractivity contribution in [2.75, 3.05) is 13.2 Å². The number of hydrogen-bond acceptors (Lipinski definition) is 4. The number of nitrogens with zero attached hydrogens (tertiary/aromatic N) is 1. The van der Waals surface area contributed by atoms with Gasteiger partial charge in [-0.1, -0.05) is 5.16 Å². The molecule has 1 aromatic carbocycles. The van der Waals surface area contributed by atoms with E-state index in [1.54, 1.807) is 0 Å². The maximum absolute atomic E-state index is 13.2. The van der Waals surface area contributed by atoms with Crippen LogP contribution in [0.4, 0.5) is 4.39 Å². The van der Waals surface area contributed by atoms with Crippen LogP contribution in [0.2, 0.25) is 0 Å². The lowest BCUT2D eigenvalue weighted by atomic mass is 10.1. The number of carbonyl (C=O) groups excluding carboxylic acids is 1. The molecule has 1 fully saturated rings. The molecule has 6 heteroatoms. The fraction of sp³-hybridized carbons (Fsp3) is 0.429. The summed E-state index contributed by atoms with van der Waals surface area (Å²) in [7, 11) is 0. The summed E-state index contributed by atoms with van der Waals surface area (Å²) in [5, 5.41) is 14.6. The van der Waals surface area contributed by atoms with Gasteiger partial charge in [0.25, 0.3) is 5.91 Å². The number of halogens is 1. The van der Waals surface area contributed by atoms with Crippen molar-refractivity contribution < 1.29 is 19.1 Å². The molecule has 0 heterocycles. The second-order valence-corrected chi connectivity index (χ2v) is 4.86. The highest BCUT2D eigenvalue weighted by atomic mass is 19.1. The van der Waals surface area contributed by atoms with E-state index in [1.165, 1.54) is 25.1 Å². The maximum Gasteiger partial charge on any atom is 0.257 e. The minimum atomic E-state index is -0.464. The van der Waals surface area contributed by atoms with E-state index >= 15 is 0 Å². The molecule has 0 spiro atoms. The van der Waals surface area contributed by atoms with E-state index in [2.05, 4.69) is 10.5 Å². The summed E-state index contributed by atoms with van der Waals surface area (Å²) >= 11 is 0. The van der Waals surface area contributed by atoms with E-state index in [-0.39, 0.29) is 18.2 Å². The molecule has 5 nitrogen and oxygen atoms in total. The fourth-order valence-corrected chi connectivity index (χ4v) is 1.74. The van der Waals surface area contributed by atoms with Crippen LogP contribution in [-0.2, 0) is 4.79 Å². The standard InChI is InChI=1S/C14H17FN2O3/c1-9(17-19)12-6-11(15)4-5-13(12)20-8-14(18)16-7-10-2-3-10/h4-6,10,19H,2-3,7-8H2,1H3,(H,16,18)/b17-9-. The normalized spacial score (nSPS) is 15.0. The van der Waals surface area contributed by atoms with E-state index in [9.17, 15) is 9.18 Å². The van der Waals surface area contributed by atoms with Crippen LogP contribution in [0.25, 0.3) is 0 Å². The third-order valence-electron chi connectivity index (χ3n) is 3.12. The molecular formula is C14H17FN2O3. The number of carbonyl (C=O) groups is 1. The largest absolute Gasteiger partial charge is 0.483 e. The SMILES string of the molecule is C/C(=N/O)c1cc(F)ccc1OCC(=O)NCC1CC1. The van der Waals surface area contributed by atoms with Crippen LogP contribution in [-0.4, -0.2) is 30.0 Å². The second-order valence-electron chi connectivity index (χ2n) is 4.86. The topological polar surface area (TPSA) is 70.9 Å². The van der Waals surface area contributed by atoms with Gasteiger partial charge in [0.1, 0.15) is 11.6 Å². The van der Waals surface area contributed by atoms with Crippen LogP contribution < -0.4 is 10.1 Å². The first kappa shape index (κ1) is 14.3. The molecule has 0 atom stereocenters. The van der Waals surface area contributed by atoms with E-state index < -0.39 is 5.82 Å². The van der Waals surface area contributed by atoms with Crippen molar-refractivity contribution in [3.8, 4) is 5.75 Å². The highest BCUT2D eigenvalue weighted by molar-refractivity contribution is 6.00. The lowest BCUT2D eigenvalue weighted by Crippen LogP contribution is -2.30. The molecule has 0 unspecified atom stereocenters. The number of nitrogens with one attached hydrogen (secondary N) is 1. The van der Waals surface area contributed by atoms with Crippen LogP contribution in [0.3, 0.4) is 0 Å². The Morgan fingerprint density at radius 3 is 2.95 bits per heavy atom. The average molecular weight is 280 g/mol. The Bertz CT molecular complexity index is 527. The van der Waals surface area contributed by atoms with E-state index in [1.807, 2.05) is 0 Å². The quantitative estimate of drug-likeness (QED) is 0.475. The van der Waals surface area contributed by atoms with E-state index in [0.29, 0.717) is 23.8 Å². The molecule has 1 aliphatic carbocycles. The Morgan fingerprint density at radius 2 is 2.30 bits per heavy atom. The van der Waals surface area contributed by atoms with Gasteiger partial charge in [0, 0.05) is 12.1 Å². The van der Waals surface area contributed by atoms with E-state index in [4.69, 9.17) is 9.94 Å². The fourth-order valence-electron chi connectivity index (χ4n) is 1.74. The molecule has 0 bridgehead atoms. The summed E-state index contributed by atoms with van der Waals surface area (Å²) in [6.45, 7) is 2.05. The van der Waals surface area contributed by atoms with Gasteiger partial charge in [-0.05, 0) is 43.9 Å². The van der Waals surface area contributed by atoms with Crippen LogP contribution >= 0.6 is 0 Å². The number of oxime groups is 1. The van der Waals surface area contributed by atoms with Gasteiger partial charge < -0.3 is 15.3 Å². The molecular weight excluding hydrogens is 263 g/mol. The van der Waals surface area contributed by atoms with Gasteiger partial charge in [0.15, 0.2) is 6.61 Å². The maximum atomic E-state index is 13.2. The molecule has 1 aliphatic rings. The zero-order chi connectivity index (χ0) is 14.5. The lowest BCUT2D eigenvalue weighted by molar-refractivity contribution is -0.123. The van der Waals surface area contributed by atoms with Gasteiger partial charge in [0.05, 0.1) is 5.71 Å². The minimum absolute atomic E-state index is 0.149. The van der Waals surface area contributed by atoms with Crippen molar-refractivity contribution in [2.45, 2.75) is 19.8 Å². The summed E-state index contributed by atoms with van der Waals surface area (Å²) in [4.78, 5) is 11.6. The van der Waals surface area contributed by atoms with Crippen LogP contribution in [0, 0.1) is 11.7 Å². The summed E-state index contributed by atoms with van der Waals surface area (Å²) in [6, 6.07) is 3.84. The summed E-state index contributed by atoms with van der Waals surface area (Å²) in [5.74, 6) is 0.228. The smallest absolute Gasteiger partial charge is 0.257 e. The van der Waals surface area contributed by atoms with Gasteiger partial charge >= 0.3 is 0 Å². The molecule has 108 valence electrons.